The molecule has 4 rings (SSSR count). The van der Waals surface area contributed by atoms with E-state index >= 15 is 0 Å². The fourth-order valence-corrected chi connectivity index (χ4v) is 4.01. The van der Waals surface area contributed by atoms with Crippen LogP contribution in [0.4, 0.5) is 5.69 Å². The molecule has 32 heavy (non-hydrogen) atoms. The largest absolute Gasteiger partial charge is 0.325 e. The summed E-state index contributed by atoms with van der Waals surface area (Å²) in [6.45, 7) is 2.35. The molecule has 2 aromatic carbocycles. The average Bonchev–Trinajstić information content (AvgIpc) is 2.81. The molecule has 4 aromatic rings. The Labute approximate surface area is 193 Å². The number of carbonyl (C=O) groups is 1. The lowest BCUT2D eigenvalue weighted by atomic mass is 10.1. The first-order chi connectivity index (χ1) is 15.5. The zero-order chi connectivity index (χ0) is 22.5. The second-order valence-electron chi connectivity index (χ2n) is 7.03. The molecule has 7 nitrogen and oxygen atoms in total. The number of anilines is 1. The average molecular weight is 466 g/mol. The van der Waals surface area contributed by atoms with Gasteiger partial charge in [-0.1, -0.05) is 54.6 Å². The number of benzene rings is 2. The Balaban J connectivity index is 1.57. The van der Waals surface area contributed by atoms with Crippen LogP contribution in [0.25, 0.3) is 11.2 Å². The number of hydrogen-bond donors (Lipinski definition) is 1. The number of hydrogen-bond acceptors (Lipinski definition) is 6. The molecule has 0 saturated heterocycles. The molecule has 1 amide bonds. The van der Waals surface area contributed by atoms with Crippen molar-refractivity contribution < 1.29 is 4.79 Å². The van der Waals surface area contributed by atoms with Gasteiger partial charge in [0.1, 0.15) is 0 Å². The maximum Gasteiger partial charge on any atom is 0.282 e. The minimum Gasteiger partial charge on any atom is -0.325 e. The quantitative estimate of drug-likeness (QED) is 0.325. The maximum absolute atomic E-state index is 13.1. The number of nitrogens with zero attached hydrogens (tertiary/aromatic N) is 4. The van der Waals surface area contributed by atoms with Gasteiger partial charge in [-0.05, 0) is 41.8 Å². The highest BCUT2D eigenvalue weighted by Gasteiger charge is 2.15. The molecule has 0 spiro atoms. The first-order valence-electron chi connectivity index (χ1n) is 10.0. The van der Waals surface area contributed by atoms with Gasteiger partial charge in [0.05, 0.1) is 12.3 Å². The van der Waals surface area contributed by atoms with Gasteiger partial charge < -0.3 is 5.32 Å². The van der Waals surface area contributed by atoms with Gasteiger partial charge in [0.25, 0.3) is 5.56 Å². The van der Waals surface area contributed by atoms with Crippen LogP contribution in [-0.2, 0) is 17.8 Å². The minimum absolute atomic E-state index is 0.0916. The molecule has 0 aliphatic carbocycles. The topological polar surface area (TPSA) is 89.8 Å². The molecular weight excluding hydrogens is 446 g/mol. The van der Waals surface area contributed by atoms with Crippen molar-refractivity contribution in [2.75, 3.05) is 11.1 Å². The normalized spacial score (nSPS) is 10.9. The Hall–Kier alpha value is -3.23. The van der Waals surface area contributed by atoms with Crippen LogP contribution < -0.4 is 10.9 Å². The number of halogens is 1. The van der Waals surface area contributed by atoms with Crippen molar-refractivity contribution in [2.45, 2.75) is 25.0 Å². The number of nitrogens with one attached hydrogen (secondary N) is 1. The van der Waals surface area contributed by atoms with Crippen molar-refractivity contribution >= 4 is 46.1 Å². The molecule has 0 bridgehead atoms. The van der Waals surface area contributed by atoms with Crippen molar-refractivity contribution in [1.29, 1.82) is 0 Å². The Bertz CT molecular complexity index is 1310. The van der Waals surface area contributed by atoms with E-state index < -0.39 is 0 Å². The van der Waals surface area contributed by atoms with E-state index in [1.807, 2.05) is 36.4 Å². The van der Waals surface area contributed by atoms with E-state index in [-0.39, 0.29) is 34.9 Å². The van der Waals surface area contributed by atoms with Crippen molar-refractivity contribution in [3.63, 3.8) is 0 Å². The zero-order valence-corrected chi connectivity index (χ0v) is 18.9. The van der Waals surface area contributed by atoms with Crippen LogP contribution in [0.15, 0.2) is 70.9 Å². The highest BCUT2D eigenvalue weighted by molar-refractivity contribution is 7.99. The van der Waals surface area contributed by atoms with Gasteiger partial charge in [-0.2, -0.15) is 0 Å². The summed E-state index contributed by atoms with van der Waals surface area (Å²) in [6.07, 6.45) is 3.88. The van der Waals surface area contributed by atoms with Gasteiger partial charge in [-0.15, -0.1) is 0 Å². The van der Waals surface area contributed by atoms with Crippen LogP contribution in [0.3, 0.4) is 0 Å². The molecule has 0 radical (unpaired) electrons. The van der Waals surface area contributed by atoms with Gasteiger partial charge in [0, 0.05) is 23.1 Å². The van der Waals surface area contributed by atoms with Crippen LogP contribution in [-0.4, -0.2) is 31.2 Å². The van der Waals surface area contributed by atoms with E-state index in [4.69, 9.17) is 11.6 Å². The molecule has 0 unspecified atom stereocenters. The molecule has 0 aliphatic rings. The second kappa shape index (κ2) is 9.93. The van der Waals surface area contributed by atoms with E-state index in [0.717, 1.165) is 17.7 Å². The Kier molecular flexibility index (Phi) is 6.82. The second-order valence-corrected chi connectivity index (χ2v) is 8.41. The highest BCUT2D eigenvalue weighted by atomic mass is 35.5. The number of aryl methyl sites for hydroxylation is 1. The first-order valence-corrected chi connectivity index (χ1v) is 11.4. The number of rotatable bonds is 7. The summed E-state index contributed by atoms with van der Waals surface area (Å²) in [5.74, 6) is -0.0975. The van der Waals surface area contributed by atoms with Gasteiger partial charge in [-0.25, -0.2) is 15.0 Å². The summed E-state index contributed by atoms with van der Waals surface area (Å²) >= 11 is 7.15. The van der Waals surface area contributed by atoms with Crippen LogP contribution >= 0.6 is 23.4 Å². The SMILES string of the molecule is CCc1ccc(NC(=O)CSc2nc3nccnc3c(=O)n2Cc2ccc(Cl)cc2)cc1. The number of fused-ring (bicyclic) bond motifs is 1. The third-order valence-corrected chi connectivity index (χ3v) is 6.02. The van der Waals surface area contributed by atoms with Gasteiger partial charge in [-0.3, -0.25) is 14.2 Å². The number of carbonyl (C=O) groups excluding carboxylic acids is 1. The lowest BCUT2D eigenvalue weighted by molar-refractivity contribution is -0.113. The molecular formula is C23H20ClN5O2S. The van der Waals surface area contributed by atoms with Crippen LogP contribution in [0, 0.1) is 0 Å². The van der Waals surface area contributed by atoms with E-state index in [2.05, 4.69) is 27.2 Å². The monoisotopic (exact) mass is 465 g/mol. The van der Waals surface area contributed by atoms with E-state index in [0.29, 0.717) is 10.2 Å². The fourth-order valence-electron chi connectivity index (χ4n) is 3.10. The van der Waals surface area contributed by atoms with Crippen molar-refractivity contribution in [3.05, 3.63) is 87.4 Å². The molecule has 2 aromatic heterocycles. The summed E-state index contributed by atoms with van der Waals surface area (Å²) in [5.41, 5.74) is 2.93. The predicted octanol–water partition coefficient (Wildman–Crippen LogP) is 4.18. The van der Waals surface area contributed by atoms with Crippen molar-refractivity contribution in [1.82, 2.24) is 19.5 Å². The van der Waals surface area contributed by atoms with E-state index in [9.17, 15) is 9.59 Å². The lowest BCUT2D eigenvalue weighted by Gasteiger charge is -2.13. The molecule has 0 atom stereocenters. The third kappa shape index (κ3) is 5.15. The summed E-state index contributed by atoms with van der Waals surface area (Å²) in [6, 6.07) is 14.9. The van der Waals surface area contributed by atoms with Crippen molar-refractivity contribution in [2.24, 2.45) is 0 Å². The first kappa shape index (κ1) is 22.0. The Morgan fingerprint density at radius 3 is 2.44 bits per heavy atom. The van der Waals surface area contributed by atoms with E-state index in [1.165, 1.54) is 34.3 Å². The Morgan fingerprint density at radius 2 is 1.72 bits per heavy atom. The number of thioether (sulfide) groups is 1. The summed E-state index contributed by atoms with van der Waals surface area (Å²) in [7, 11) is 0. The molecule has 9 heteroatoms. The van der Waals surface area contributed by atoms with E-state index in [1.54, 1.807) is 12.1 Å². The summed E-state index contributed by atoms with van der Waals surface area (Å²) in [4.78, 5) is 38.4. The minimum atomic E-state index is -0.309. The molecule has 1 N–H and O–H groups in total. The molecule has 0 saturated carbocycles. The Morgan fingerprint density at radius 1 is 1.03 bits per heavy atom. The van der Waals surface area contributed by atoms with Gasteiger partial charge in [0.15, 0.2) is 16.3 Å². The smallest absolute Gasteiger partial charge is 0.282 e. The summed E-state index contributed by atoms with van der Waals surface area (Å²) in [5, 5.41) is 3.88. The molecule has 0 aliphatic heterocycles. The van der Waals surface area contributed by atoms with Crippen LogP contribution in [0.2, 0.25) is 5.02 Å². The summed E-state index contributed by atoms with van der Waals surface area (Å²) < 4.78 is 1.51. The third-order valence-electron chi connectivity index (χ3n) is 4.79. The molecule has 162 valence electrons. The van der Waals surface area contributed by atoms with Crippen LogP contribution in [0.1, 0.15) is 18.1 Å². The molecule has 2 heterocycles. The maximum atomic E-state index is 13.1. The highest BCUT2D eigenvalue weighted by Crippen LogP contribution is 2.19. The fraction of sp³-hybridized carbons (Fsp3) is 0.174. The van der Waals surface area contributed by atoms with Gasteiger partial charge in [0.2, 0.25) is 5.91 Å². The molecule has 0 fully saturated rings. The number of amides is 1. The van der Waals surface area contributed by atoms with Crippen molar-refractivity contribution in [3.8, 4) is 0 Å². The number of aromatic nitrogens is 4. The predicted molar refractivity (Wildman–Crippen MR) is 127 cm³/mol. The van der Waals surface area contributed by atoms with Gasteiger partial charge >= 0.3 is 0 Å². The zero-order valence-electron chi connectivity index (χ0n) is 17.3. The lowest BCUT2D eigenvalue weighted by Crippen LogP contribution is -2.25. The standard InChI is InChI=1S/C23H20ClN5O2S/c1-2-15-5-9-18(10-6-15)27-19(30)14-32-23-28-21-20(25-11-12-26-21)22(31)29(23)13-16-3-7-17(24)8-4-16/h3-12H,2,13-14H2,1H3,(H,27,30). The van der Waals surface area contributed by atoms with Crippen LogP contribution in [0.5, 0.6) is 0 Å².